The molecule has 2 heterocycles. The molecule has 0 saturated heterocycles. The highest BCUT2D eigenvalue weighted by Crippen LogP contribution is 2.23. The van der Waals surface area contributed by atoms with E-state index in [1.807, 2.05) is 48.6 Å². The van der Waals surface area contributed by atoms with Crippen LogP contribution in [0.1, 0.15) is 12.1 Å². The van der Waals surface area contributed by atoms with Crippen molar-refractivity contribution in [2.24, 2.45) is 0 Å². The van der Waals surface area contributed by atoms with Crippen LogP contribution in [-0.2, 0) is 12.3 Å². The van der Waals surface area contributed by atoms with E-state index < -0.39 is 0 Å². The van der Waals surface area contributed by atoms with E-state index in [1.54, 1.807) is 12.5 Å². The summed E-state index contributed by atoms with van der Waals surface area (Å²) >= 11 is 7.84. The molecule has 2 aromatic heterocycles. The Labute approximate surface area is 138 Å². The van der Waals surface area contributed by atoms with Crippen molar-refractivity contribution in [2.45, 2.75) is 18.7 Å². The number of hydrogen-bond acceptors (Lipinski definition) is 4. The lowest BCUT2D eigenvalue weighted by Gasteiger charge is -2.01. The summed E-state index contributed by atoms with van der Waals surface area (Å²) in [5.74, 6) is 2.56. The van der Waals surface area contributed by atoms with Crippen molar-refractivity contribution in [3.8, 4) is 11.5 Å². The van der Waals surface area contributed by atoms with Gasteiger partial charge in [-0.05, 0) is 30.4 Å². The van der Waals surface area contributed by atoms with Crippen LogP contribution in [0.4, 0.5) is 0 Å². The molecule has 22 heavy (non-hydrogen) atoms. The molecule has 0 aliphatic rings. The Morgan fingerprint density at radius 1 is 1.32 bits per heavy atom. The molecule has 3 aromatic rings. The summed E-state index contributed by atoms with van der Waals surface area (Å²) in [6.07, 6.45) is 8.47. The first-order valence-corrected chi connectivity index (χ1v) is 8.58. The number of hydrogen-bond donors (Lipinski definition) is 0. The van der Waals surface area contributed by atoms with Gasteiger partial charge in [-0.1, -0.05) is 17.7 Å². The van der Waals surface area contributed by atoms with Gasteiger partial charge in [-0.3, -0.25) is 0 Å². The van der Waals surface area contributed by atoms with Gasteiger partial charge in [0.05, 0.1) is 12.0 Å². The molecule has 0 amide bonds. The summed E-state index contributed by atoms with van der Waals surface area (Å²) in [6, 6.07) is 7.53. The highest BCUT2D eigenvalue weighted by molar-refractivity contribution is 7.98. The van der Waals surface area contributed by atoms with Crippen LogP contribution in [0, 0.1) is 0 Å². The van der Waals surface area contributed by atoms with Gasteiger partial charge in [0.25, 0.3) is 0 Å². The number of rotatable bonds is 7. The number of aryl methyl sites for hydroxylation is 1. The second-order valence-corrected chi connectivity index (χ2v) is 6.40. The van der Waals surface area contributed by atoms with Crippen LogP contribution in [0.3, 0.4) is 0 Å². The number of aromatic nitrogens is 3. The minimum absolute atomic E-state index is 0.622. The maximum absolute atomic E-state index is 5.98. The van der Waals surface area contributed by atoms with Crippen molar-refractivity contribution in [1.82, 2.24) is 14.5 Å². The van der Waals surface area contributed by atoms with Gasteiger partial charge < -0.3 is 8.98 Å². The summed E-state index contributed by atoms with van der Waals surface area (Å²) in [6.45, 7) is 1.000. The van der Waals surface area contributed by atoms with Gasteiger partial charge in [-0.25, -0.2) is 9.97 Å². The minimum atomic E-state index is 0.622. The van der Waals surface area contributed by atoms with Gasteiger partial charge in [-0.15, -0.1) is 0 Å². The third kappa shape index (κ3) is 4.15. The van der Waals surface area contributed by atoms with Crippen LogP contribution in [0.25, 0.3) is 11.5 Å². The average molecular weight is 334 g/mol. The van der Waals surface area contributed by atoms with E-state index >= 15 is 0 Å². The summed E-state index contributed by atoms with van der Waals surface area (Å²) in [5.41, 5.74) is 1.87. The molecule has 0 aliphatic heterocycles. The predicted octanol–water partition coefficient (Wildman–Crippen LogP) is 4.52. The van der Waals surface area contributed by atoms with E-state index in [0.717, 1.165) is 35.7 Å². The normalized spacial score (nSPS) is 11.0. The zero-order valence-electron chi connectivity index (χ0n) is 12.0. The van der Waals surface area contributed by atoms with Gasteiger partial charge in [0.15, 0.2) is 0 Å². The number of oxazole rings is 1. The molecular weight excluding hydrogens is 318 g/mol. The predicted molar refractivity (Wildman–Crippen MR) is 90.0 cm³/mol. The van der Waals surface area contributed by atoms with E-state index in [0.29, 0.717) is 10.9 Å². The smallest absolute Gasteiger partial charge is 0.226 e. The highest BCUT2D eigenvalue weighted by Gasteiger charge is 2.07. The molecule has 0 unspecified atom stereocenters. The quantitative estimate of drug-likeness (QED) is 0.596. The number of benzene rings is 1. The Morgan fingerprint density at radius 3 is 3.09 bits per heavy atom. The van der Waals surface area contributed by atoms with E-state index in [9.17, 15) is 0 Å². The first kappa shape index (κ1) is 15.2. The summed E-state index contributed by atoms with van der Waals surface area (Å²) in [7, 11) is 0. The Morgan fingerprint density at radius 2 is 2.27 bits per heavy atom. The first-order valence-electron chi connectivity index (χ1n) is 7.05. The van der Waals surface area contributed by atoms with Crippen LogP contribution < -0.4 is 0 Å². The molecule has 0 bridgehead atoms. The molecule has 0 saturated carbocycles. The van der Waals surface area contributed by atoms with Crippen LogP contribution in [-0.4, -0.2) is 20.3 Å². The lowest BCUT2D eigenvalue weighted by atomic mass is 10.2. The maximum atomic E-state index is 5.98. The van der Waals surface area contributed by atoms with E-state index in [1.165, 1.54) is 0 Å². The van der Waals surface area contributed by atoms with Gasteiger partial charge in [0.2, 0.25) is 5.89 Å². The van der Waals surface area contributed by atoms with Crippen molar-refractivity contribution in [2.75, 3.05) is 5.75 Å². The van der Waals surface area contributed by atoms with Crippen molar-refractivity contribution in [3.05, 3.63) is 60.0 Å². The highest BCUT2D eigenvalue weighted by atomic mass is 35.5. The molecule has 114 valence electrons. The van der Waals surface area contributed by atoms with Crippen molar-refractivity contribution < 1.29 is 4.42 Å². The number of halogens is 1. The summed E-state index contributed by atoms with van der Waals surface area (Å²) in [5, 5.41) is 0.686. The Hall–Kier alpha value is -1.72. The number of imidazole rings is 1. The Kier molecular flexibility index (Phi) is 5.19. The van der Waals surface area contributed by atoms with Gasteiger partial charge in [0, 0.05) is 35.3 Å². The molecule has 0 N–H and O–H groups in total. The van der Waals surface area contributed by atoms with E-state index in [2.05, 4.69) is 14.5 Å². The van der Waals surface area contributed by atoms with E-state index in [4.69, 9.17) is 16.0 Å². The molecule has 0 atom stereocenters. The molecule has 6 heteroatoms. The molecular formula is C16H16ClN3OS. The average Bonchev–Trinajstić information content (AvgIpc) is 3.18. The molecule has 1 aromatic carbocycles. The van der Waals surface area contributed by atoms with E-state index in [-0.39, 0.29) is 0 Å². The fourth-order valence-corrected chi connectivity index (χ4v) is 3.08. The Balaban J connectivity index is 1.46. The fourth-order valence-electron chi connectivity index (χ4n) is 2.07. The molecule has 0 radical (unpaired) electrons. The molecule has 0 fully saturated rings. The Bertz CT molecular complexity index is 712. The molecule has 0 aliphatic carbocycles. The third-order valence-corrected chi connectivity index (χ3v) is 4.45. The number of nitrogens with zero attached hydrogens (tertiary/aromatic N) is 3. The van der Waals surface area contributed by atoms with Crippen molar-refractivity contribution in [3.63, 3.8) is 0 Å². The topological polar surface area (TPSA) is 43.9 Å². The summed E-state index contributed by atoms with van der Waals surface area (Å²) in [4.78, 5) is 8.54. The maximum Gasteiger partial charge on any atom is 0.226 e. The van der Waals surface area contributed by atoms with Crippen molar-refractivity contribution in [1.29, 1.82) is 0 Å². The fraction of sp³-hybridized carbons (Fsp3) is 0.250. The standard InChI is InChI=1S/C16H16ClN3OS/c17-14-4-1-3-13(9-14)16-19-15(10-21-16)11-22-8-2-6-20-7-5-18-12-20/h1,3-5,7,9-10,12H,2,6,8,11H2. The third-order valence-electron chi connectivity index (χ3n) is 3.14. The number of thioether (sulfide) groups is 1. The SMILES string of the molecule is Clc1cccc(-c2nc(CSCCCn3ccnc3)co2)c1. The second kappa shape index (κ2) is 7.51. The van der Waals surface area contributed by atoms with Crippen molar-refractivity contribution >= 4 is 23.4 Å². The summed E-state index contributed by atoms with van der Waals surface area (Å²) < 4.78 is 7.62. The van der Waals surface area contributed by atoms with Crippen LogP contribution in [0.2, 0.25) is 5.02 Å². The lowest BCUT2D eigenvalue weighted by Crippen LogP contribution is -1.95. The van der Waals surface area contributed by atoms with Crippen LogP contribution in [0.15, 0.2) is 53.7 Å². The zero-order valence-corrected chi connectivity index (χ0v) is 13.6. The zero-order chi connectivity index (χ0) is 15.2. The minimum Gasteiger partial charge on any atom is -0.444 e. The molecule has 3 rings (SSSR count). The molecule has 0 spiro atoms. The van der Waals surface area contributed by atoms with Gasteiger partial charge in [-0.2, -0.15) is 11.8 Å². The monoisotopic (exact) mass is 333 g/mol. The van der Waals surface area contributed by atoms with Gasteiger partial charge in [0.1, 0.15) is 6.26 Å². The van der Waals surface area contributed by atoms with Crippen LogP contribution >= 0.6 is 23.4 Å². The lowest BCUT2D eigenvalue weighted by molar-refractivity contribution is 0.573. The molecule has 4 nitrogen and oxygen atoms in total. The van der Waals surface area contributed by atoms with Gasteiger partial charge >= 0.3 is 0 Å². The second-order valence-electron chi connectivity index (χ2n) is 4.86. The first-order chi connectivity index (χ1) is 10.8. The van der Waals surface area contributed by atoms with Crippen LogP contribution in [0.5, 0.6) is 0 Å². The largest absolute Gasteiger partial charge is 0.444 e.